The van der Waals surface area contributed by atoms with Gasteiger partial charge in [-0.15, -0.1) is 12.4 Å². The molecule has 1 amide bonds. The molecule has 3 rings (SSSR count). The lowest BCUT2D eigenvalue weighted by Gasteiger charge is -2.32. The number of halogens is 1. The summed E-state index contributed by atoms with van der Waals surface area (Å²) >= 11 is 0. The average molecular weight is 466 g/mol. The normalized spacial score (nSPS) is 16.4. The van der Waals surface area contributed by atoms with Crippen molar-refractivity contribution in [1.82, 2.24) is 9.62 Å². The third-order valence-electron chi connectivity index (χ3n) is 5.96. The third-order valence-corrected chi connectivity index (χ3v) is 7.51. The number of sulfonamides is 1. The van der Waals surface area contributed by atoms with Gasteiger partial charge in [0.1, 0.15) is 0 Å². The van der Waals surface area contributed by atoms with Crippen molar-refractivity contribution in [3.8, 4) is 0 Å². The molecule has 6 nitrogen and oxygen atoms in total. The van der Waals surface area contributed by atoms with E-state index in [0.29, 0.717) is 22.7 Å². The summed E-state index contributed by atoms with van der Waals surface area (Å²) in [6.07, 6.45) is 1.98. The number of amides is 1. The maximum absolute atomic E-state index is 12.9. The van der Waals surface area contributed by atoms with E-state index in [9.17, 15) is 13.2 Å². The van der Waals surface area contributed by atoms with E-state index in [1.165, 1.54) is 0 Å². The summed E-state index contributed by atoms with van der Waals surface area (Å²) in [6.45, 7) is 7.61. The van der Waals surface area contributed by atoms with E-state index in [4.69, 9.17) is 0 Å². The minimum Gasteiger partial charge on any atom is -0.322 e. The summed E-state index contributed by atoms with van der Waals surface area (Å²) in [4.78, 5) is 15.1. The number of carbonyl (C=O) groups is 1. The standard InChI is InChI=1S/C23H31N3O3S.ClH/c1-16-7-5-6-8-21(16)23(27)24-22-10-9-20(15-17(22)2)30(28,29)25-18(3)19-11-13-26(4)14-12-19;/h5-10,15,18-19,25H,11-14H2,1-4H3,(H,24,27);1H/t18-;/m1./s1. The molecule has 2 N–H and O–H groups in total. The summed E-state index contributed by atoms with van der Waals surface area (Å²) in [5.74, 6) is 0.130. The molecule has 0 radical (unpaired) electrons. The van der Waals surface area contributed by atoms with Crippen molar-refractivity contribution in [1.29, 1.82) is 0 Å². The van der Waals surface area contributed by atoms with Gasteiger partial charge < -0.3 is 10.2 Å². The van der Waals surface area contributed by atoms with Crippen molar-refractivity contribution in [2.24, 2.45) is 5.92 Å². The summed E-state index contributed by atoms with van der Waals surface area (Å²) in [6, 6.07) is 12.0. The molecule has 1 aliphatic rings. The van der Waals surface area contributed by atoms with Gasteiger partial charge in [-0.3, -0.25) is 4.79 Å². The van der Waals surface area contributed by atoms with Gasteiger partial charge >= 0.3 is 0 Å². The van der Waals surface area contributed by atoms with Crippen LogP contribution in [-0.4, -0.2) is 45.4 Å². The second-order valence-corrected chi connectivity index (χ2v) is 10.0. The summed E-state index contributed by atoms with van der Waals surface area (Å²) in [5.41, 5.74) is 2.79. The molecule has 1 aliphatic heterocycles. The molecule has 1 fully saturated rings. The minimum atomic E-state index is -3.63. The van der Waals surface area contributed by atoms with Gasteiger partial charge in [0.2, 0.25) is 10.0 Å². The number of aryl methyl sites for hydroxylation is 2. The van der Waals surface area contributed by atoms with Gasteiger partial charge in [-0.05, 0) is 95.1 Å². The Morgan fingerprint density at radius 2 is 1.71 bits per heavy atom. The van der Waals surface area contributed by atoms with Gasteiger partial charge in [0.25, 0.3) is 5.91 Å². The highest BCUT2D eigenvalue weighted by Crippen LogP contribution is 2.24. The largest absolute Gasteiger partial charge is 0.322 e. The quantitative estimate of drug-likeness (QED) is 0.676. The first kappa shape index (κ1) is 25.3. The summed E-state index contributed by atoms with van der Waals surface area (Å²) in [5, 5.41) is 2.88. The molecule has 2 aromatic carbocycles. The number of hydrogen-bond acceptors (Lipinski definition) is 4. The van der Waals surface area contributed by atoms with Crippen molar-refractivity contribution in [3.05, 3.63) is 59.2 Å². The molecule has 0 aromatic heterocycles. The SMILES string of the molecule is Cc1cc(S(=O)(=O)N[C@H](C)C2CCN(C)CC2)ccc1NC(=O)c1ccccc1C.Cl. The van der Waals surface area contributed by atoms with E-state index in [2.05, 4.69) is 22.0 Å². The molecule has 2 aromatic rings. The monoisotopic (exact) mass is 465 g/mol. The van der Waals surface area contributed by atoms with Crippen LogP contribution in [0.2, 0.25) is 0 Å². The topological polar surface area (TPSA) is 78.5 Å². The number of piperidine rings is 1. The zero-order valence-corrected chi connectivity index (χ0v) is 20.1. The van der Waals surface area contributed by atoms with E-state index in [1.807, 2.05) is 32.0 Å². The number of benzene rings is 2. The van der Waals surface area contributed by atoms with Gasteiger partial charge in [-0.25, -0.2) is 13.1 Å². The van der Waals surface area contributed by atoms with Crippen LogP contribution in [0.25, 0.3) is 0 Å². The van der Waals surface area contributed by atoms with Crippen LogP contribution in [0, 0.1) is 19.8 Å². The molecule has 1 saturated heterocycles. The first-order chi connectivity index (χ1) is 14.2. The summed E-state index contributed by atoms with van der Waals surface area (Å²) < 4.78 is 28.6. The first-order valence-electron chi connectivity index (χ1n) is 10.4. The van der Waals surface area contributed by atoms with Crippen LogP contribution >= 0.6 is 12.4 Å². The Morgan fingerprint density at radius 3 is 2.32 bits per heavy atom. The fourth-order valence-corrected chi connectivity index (χ4v) is 5.30. The summed E-state index contributed by atoms with van der Waals surface area (Å²) in [7, 11) is -1.53. The lowest BCUT2D eigenvalue weighted by atomic mass is 9.91. The molecule has 1 atom stereocenters. The highest BCUT2D eigenvalue weighted by Gasteiger charge is 2.26. The van der Waals surface area contributed by atoms with Crippen LogP contribution in [0.15, 0.2) is 47.4 Å². The maximum atomic E-state index is 12.9. The number of rotatable bonds is 6. The molecule has 0 spiro atoms. The van der Waals surface area contributed by atoms with Crippen LogP contribution in [0.1, 0.15) is 41.3 Å². The van der Waals surface area contributed by atoms with Crippen LogP contribution in [0.3, 0.4) is 0 Å². The number of anilines is 1. The predicted octanol–water partition coefficient (Wildman–Crippen LogP) is 3.99. The highest BCUT2D eigenvalue weighted by molar-refractivity contribution is 7.89. The fraction of sp³-hybridized carbons (Fsp3) is 0.435. The molecule has 0 saturated carbocycles. The van der Waals surface area contributed by atoms with Crippen molar-refractivity contribution in [2.45, 2.75) is 44.6 Å². The lowest BCUT2D eigenvalue weighted by Crippen LogP contribution is -2.42. The van der Waals surface area contributed by atoms with Crippen molar-refractivity contribution < 1.29 is 13.2 Å². The molecule has 8 heteroatoms. The predicted molar refractivity (Wildman–Crippen MR) is 128 cm³/mol. The van der Waals surface area contributed by atoms with Gasteiger partial charge in [0.05, 0.1) is 4.90 Å². The molecule has 0 aliphatic carbocycles. The zero-order valence-electron chi connectivity index (χ0n) is 18.5. The molecule has 0 unspecified atom stereocenters. The Morgan fingerprint density at radius 1 is 1.06 bits per heavy atom. The minimum absolute atomic E-state index is 0. The van der Waals surface area contributed by atoms with Gasteiger partial charge in [0, 0.05) is 17.3 Å². The smallest absolute Gasteiger partial charge is 0.255 e. The molecule has 170 valence electrons. The molecule has 0 bridgehead atoms. The second-order valence-electron chi connectivity index (χ2n) is 8.30. The van der Waals surface area contributed by atoms with Crippen molar-refractivity contribution in [3.63, 3.8) is 0 Å². The van der Waals surface area contributed by atoms with Crippen molar-refractivity contribution in [2.75, 3.05) is 25.5 Å². The Bertz CT molecular complexity index is 1020. The van der Waals surface area contributed by atoms with Gasteiger partial charge in [0.15, 0.2) is 0 Å². The maximum Gasteiger partial charge on any atom is 0.255 e. The van der Waals surface area contributed by atoms with Gasteiger partial charge in [-0.1, -0.05) is 18.2 Å². The fourth-order valence-electron chi connectivity index (χ4n) is 3.90. The highest BCUT2D eigenvalue weighted by atomic mass is 35.5. The van der Waals surface area contributed by atoms with E-state index in [1.54, 1.807) is 31.2 Å². The molecular formula is C23H32ClN3O3S. The van der Waals surface area contributed by atoms with E-state index in [0.717, 1.165) is 31.5 Å². The number of likely N-dealkylation sites (tertiary alicyclic amines) is 1. The van der Waals surface area contributed by atoms with E-state index >= 15 is 0 Å². The van der Waals surface area contributed by atoms with Gasteiger partial charge in [-0.2, -0.15) is 0 Å². The molecule has 1 heterocycles. The number of hydrogen-bond donors (Lipinski definition) is 2. The first-order valence-corrected chi connectivity index (χ1v) is 11.8. The van der Waals surface area contributed by atoms with Crippen LogP contribution in [0.4, 0.5) is 5.69 Å². The second kappa shape index (κ2) is 10.6. The Labute approximate surface area is 191 Å². The lowest BCUT2D eigenvalue weighted by molar-refractivity contribution is 0.102. The zero-order chi connectivity index (χ0) is 21.9. The number of carbonyl (C=O) groups excluding carboxylic acids is 1. The Kier molecular flexibility index (Phi) is 8.65. The third kappa shape index (κ3) is 6.29. The molecule has 31 heavy (non-hydrogen) atoms. The van der Waals surface area contributed by atoms with Crippen LogP contribution in [-0.2, 0) is 10.0 Å². The molecular weight excluding hydrogens is 434 g/mol. The van der Waals surface area contributed by atoms with Crippen molar-refractivity contribution >= 4 is 34.0 Å². The number of nitrogens with zero attached hydrogens (tertiary/aromatic N) is 1. The Hall–Kier alpha value is -1.93. The average Bonchev–Trinajstić information content (AvgIpc) is 2.69. The van der Waals surface area contributed by atoms with E-state index in [-0.39, 0.29) is 29.3 Å². The Balaban J connectivity index is 0.00000341. The van der Waals surface area contributed by atoms with Crippen LogP contribution < -0.4 is 10.0 Å². The van der Waals surface area contributed by atoms with Crippen LogP contribution in [0.5, 0.6) is 0 Å². The number of nitrogens with one attached hydrogen (secondary N) is 2. The van der Waals surface area contributed by atoms with E-state index < -0.39 is 10.0 Å².